The third kappa shape index (κ3) is 1.72. The SMILES string of the molecule is COc1ccc2c(c1)Cc1cc(O)c3cc(C)ccc3c1-2. The largest absolute Gasteiger partial charge is 0.507 e. The molecule has 3 aromatic rings. The van der Waals surface area contributed by atoms with Crippen molar-refractivity contribution in [2.45, 2.75) is 13.3 Å². The minimum absolute atomic E-state index is 0.368. The summed E-state index contributed by atoms with van der Waals surface area (Å²) in [6.45, 7) is 2.05. The summed E-state index contributed by atoms with van der Waals surface area (Å²) in [7, 11) is 1.69. The zero-order chi connectivity index (χ0) is 14.6. The second-order valence-electron chi connectivity index (χ2n) is 5.68. The third-order valence-electron chi connectivity index (χ3n) is 4.32. The van der Waals surface area contributed by atoms with Gasteiger partial charge >= 0.3 is 0 Å². The molecule has 3 aromatic carbocycles. The maximum Gasteiger partial charge on any atom is 0.123 e. The lowest BCUT2D eigenvalue weighted by Gasteiger charge is -2.10. The average molecular weight is 276 g/mol. The molecule has 104 valence electrons. The zero-order valence-electron chi connectivity index (χ0n) is 12.1. The first-order valence-corrected chi connectivity index (χ1v) is 7.10. The van der Waals surface area contributed by atoms with Crippen molar-refractivity contribution < 1.29 is 9.84 Å². The molecular weight excluding hydrogens is 260 g/mol. The Morgan fingerprint density at radius 3 is 2.62 bits per heavy atom. The van der Waals surface area contributed by atoms with E-state index in [1.165, 1.54) is 22.3 Å². The van der Waals surface area contributed by atoms with Crippen LogP contribution in [0.25, 0.3) is 21.9 Å². The van der Waals surface area contributed by atoms with Gasteiger partial charge in [-0.15, -0.1) is 0 Å². The fourth-order valence-electron chi connectivity index (χ4n) is 3.33. The van der Waals surface area contributed by atoms with Crippen molar-refractivity contribution >= 4 is 10.8 Å². The number of rotatable bonds is 1. The standard InChI is InChI=1S/C19H16O2/c1-11-3-5-16-17(7-11)18(20)10-13-8-12-9-14(21-2)4-6-15(12)19(13)16/h3-7,9-10,20H,8H2,1-2H3. The minimum atomic E-state index is 0.368. The van der Waals surface area contributed by atoms with Crippen LogP contribution >= 0.6 is 0 Å². The molecule has 1 N–H and O–H groups in total. The van der Waals surface area contributed by atoms with Gasteiger partial charge in [-0.05, 0) is 65.3 Å². The molecule has 0 amide bonds. The highest BCUT2D eigenvalue weighted by atomic mass is 16.5. The van der Waals surface area contributed by atoms with Gasteiger partial charge < -0.3 is 9.84 Å². The minimum Gasteiger partial charge on any atom is -0.507 e. The molecule has 0 radical (unpaired) electrons. The summed E-state index contributed by atoms with van der Waals surface area (Å²) in [5, 5.41) is 12.4. The van der Waals surface area contributed by atoms with E-state index in [0.29, 0.717) is 5.75 Å². The second-order valence-corrected chi connectivity index (χ2v) is 5.68. The first-order chi connectivity index (χ1) is 10.2. The molecule has 0 fully saturated rings. The van der Waals surface area contributed by atoms with Crippen molar-refractivity contribution in [1.29, 1.82) is 0 Å². The van der Waals surface area contributed by atoms with Crippen LogP contribution < -0.4 is 4.74 Å². The number of aromatic hydroxyl groups is 1. The van der Waals surface area contributed by atoms with Crippen LogP contribution in [0.2, 0.25) is 0 Å². The summed E-state index contributed by atoms with van der Waals surface area (Å²) in [6, 6.07) is 14.4. The third-order valence-corrected chi connectivity index (χ3v) is 4.32. The van der Waals surface area contributed by atoms with Gasteiger partial charge in [0, 0.05) is 5.39 Å². The molecule has 0 saturated heterocycles. The molecule has 0 aromatic heterocycles. The van der Waals surface area contributed by atoms with Crippen molar-refractivity contribution in [3.05, 3.63) is 59.2 Å². The topological polar surface area (TPSA) is 29.5 Å². The molecule has 2 heteroatoms. The molecule has 0 heterocycles. The van der Waals surface area contributed by atoms with Crippen LogP contribution in [0.4, 0.5) is 0 Å². The normalized spacial score (nSPS) is 12.3. The van der Waals surface area contributed by atoms with Gasteiger partial charge in [0.1, 0.15) is 11.5 Å². The Bertz CT molecular complexity index is 878. The van der Waals surface area contributed by atoms with Gasteiger partial charge in [-0.25, -0.2) is 0 Å². The van der Waals surface area contributed by atoms with Gasteiger partial charge in [-0.1, -0.05) is 23.8 Å². The Hall–Kier alpha value is -2.48. The van der Waals surface area contributed by atoms with E-state index < -0.39 is 0 Å². The number of methoxy groups -OCH3 is 1. The van der Waals surface area contributed by atoms with Gasteiger partial charge in [0.2, 0.25) is 0 Å². The smallest absolute Gasteiger partial charge is 0.123 e. The molecule has 4 rings (SSSR count). The molecule has 0 bridgehead atoms. The number of hydrogen-bond acceptors (Lipinski definition) is 2. The Kier molecular flexibility index (Phi) is 2.49. The van der Waals surface area contributed by atoms with E-state index in [1.54, 1.807) is 7.11 Å². The van der Waals surface area contributed by atoms with E-state index >= 15 is 0 Å². The number of benzene rings is 3. The van der Waals surface area contributed by atoms with E-state index in [2.05, 4.69) is 24.3 Å². The molecule has 0 atom stereocenters. The van der Waals surface area contributed by atoms with Crippen LogP contribution in [-0.2, 0) is 6.42 Å². The quantitative estimate of drug-likeness (QED) is 0.557. The van der Waals surface area contributed by atoms with Gasteiger partial charge in [0.25, 0.3) is 0 Å². The highest BCUT2D eigenvalue weighted by Gasteiger charge is 2.22. The number of hydrogen-bond donors (Lipinski definition) is 1. The van der Waals surface area contributed by atoms with E-state index in [0.717, 1.165) is 28.5 Å². The number of phenols is 1. The van der Waals surface area contributed by atoms with Crippen molar-refractivity contribution in [2.75, 3.05) is 7.11 Å². The molecule has 0 saturated carbocycles. The van der Waals surface area contributed by atoms with Crippen molar-refractivity contribution in [3.8, 4) is 22.6 Å². The molecule has 21 heavy (non-hydrogen) atoms. The lowest BCUT2D eigenvalue weighted by Crippen LogP contribution is -1.85. The van der Waals surface area contributed by atoms with Crippen molar-refractivity contribution in [2.24, 2.45) is 0 Å². The number of ether oxygens (including phenoxy) is 1. The molecular formula is C19H16O2. The summed E-state index contributed by atoms with van der Waals surface area (Å²) in [6.07, 6.45) is 0.846. The Balaban J connectivity index is 2.06. The first kappa shape index (κ1) is 12.3. The molecule has 2 nitrogen and oxygen atoms in total. The van der Waals surface area contributed by atoms with Crippen LogP contribution in [0, 0.1) is 6.92 Å². The lowest BCUT2D eigenvalue weighted by molar-refractivity contribution is 0.414. The van der Waals surface area contributed by atoms with Crippen LogP contribution in [0.1, 0.15) is 16.7 Å². The van der Waals surface area contributed by atoms with Crippen LogP contribution in [0.3, 0.4) is 0 Å². The maximum absolute atomic E-state index is 10.3. The highest BCUT2D eigenvalue weighted by molar-refractivity contribution is 6.04. The molecule has 0 aliphatic heterocycles. The van der Waals surface area contributed by atoms with Crippen molar-refractivity contribution in [3.63, 3.8) is 0 Å². The first-order valence-electron chi connectivity index (χ1n) is 7.10. The number of aryl methyl sites for hydroxylation is 1. The van der Waals surface area contributed by atoms with E-state index in [1.807, 2.05) is 25.1 Å². The van der Waals surface area contributed by atoms with Crippen LogP contribution in [0.5, 0.6) is 11.5 Å². The Morgan fingerprint density at radius 1 is 0.952 bits per heavy atom. The lowest BCUT2D eigenvalue weighted by atomic mass is 9.96. The van der Waals surface area contributed by atoms with Crippen LogP contribution in [-0.4, -0.2) is 12.2 Å². The van der Waals surface area contributed by atoms with E-state index in [4.69, 9.17) is 4.74 Å². The summed E-state index contributed by atoms with van der Waals surface area (Å²) in [5.41, 5.74) is 6.11. The van der Waals surface area contributed by atoms with Crippen molar-refractivity contribution in [1.82, 2.24) is 0 Å². The van der Waals surface area contributed by atoms with Gasteiger partial charge in [-0.2, -0.15) is 0 Å². The maximum atomic E-state index is 10.3. The summed E-state index contributed by atoms with van der Waals surface area (Å²) in [5.74, 6) is 1.25. The van der Waals surface area contributed by atoms with Gasteiger partial charge in [-0.3, -0.25) is 0 Å². The summed E-state index contributed by atoms with van der Waals surface area (Å²) >= 11 is 0. The fraction of sp³-hybridized carbons (Fsp3) is 0.158. The predicted molar refractivity (Wildman–Crippen MR) is 85.1 cm³/mol. The number of phenolic OH excluding ortho intramolecular Hbond substituents is 1. The second kappa shape index (κ2) is 4.26. The molecule has 0 spiro atoms. The Morgan fingerprint density at radius 2 is 1.81 bits per heavy atom. The van der Waals surface area contributed by atoms with E-state index in [9.17, 15) is 5.11 Å². The number of fused-ring (bicyclic) bond motifs is 5. The van der Waals surface area contributed by atoms with E-state index in [-0.39, 0.29) is 0 Å². The zero-order valence-corrected chi connectivity index (χ0v) is 12.1. The fourth-order valence-corrected chi connectivity index (χ4v) is 3.33. The van der Waals surface area contributed by atoms with Gasteiger partial charge in [0.15, 0.2) is 0 Å². The van der Waals surface area contributed by atoms with Crippen LogP contribution in [0.15, 0.2) is 42.5 Å². The predicted octanol–water partition coefficient (Wildman–Crippen LogP) is 4.43. The molecule has 1 aliphatic carbocycles. The monoisotopic (exact) mass is 276 g/mol. The molecule has 1 aliphatic rings. The summed E-state index contributed by atoms with van der Waals surface area (Å²) in [4.78, 5) is 0. The Labute approximate surface area is 123 Å². The molecule has 0 unspecified atom stereocenters. The van der Waals surface area contributed by atoms with Gasteiger partial charge in [0.05, 0.1) is 7.11 Å². The summed E-state index contributed by atoms with van der Waals surface area (Å²) < 4.78 is 5.32. The average Bonchev–Trinajstić information content (AvgIpc) is 2.84. The highest BCUT2D eigenvalue weighted by Crippen LogP contribution is 2.45.